The van der Waals surface area contributed by atoms with E-state index >= 15 is 0 Å². The van der Waals surface area contributed by atoms with Crippen LogP contribution in [0.1, 0.15) is 12.8 Å². The minimum Gasteiger partial charge on any atom is -0.481 e. The first-order valence-electron chi connectivity index (χ1n) is 7.21. The summed E-state index contributed by atoms with van der Waals surface area (Å²) in [4.78, 5) is 24.1. The van der Waals surface area contributed by atoms with Crippen LogP contribution in [-0.4, -0.2) is 67.5 Å². The third-order valence-electron chi connectivity index (χ3n) is 4.05. The molecule has 0 saturated carbocycles. The number of carbonyl (C=O) groups is 1. The monoisotopic (exact) mass is 308 g/mol. The number of nitrogens with zero attached hydrogens (tertiary/aromatic N) is 4. The van der Waals surface area contributed by atoms with Gasteiger partial charge in [0.05, 0.1) is 33.4 Å². The van der Waals surface area contributed by atoms with Crippen molar-refractivity contribution < 1.29 is 19.0 Å². The van der Waals surface area contributed by atoms with Crippen LogP contribution in [0.3, 0.4) is 0 Å². The molecule has 3 rings (SSSR count). The second kappa shape index (κ2) is 5.51. The fourth-order valence-electron chi connectivity index (χ4n) is 3.02. The molecule has 0 N–H and O–H groups in total. The first-order chi connectivity index (χ1) is 10.5. The van der Waals surface area contributed by atoms with Crippen LogP contribution in [0.25, 0.3) is 0 Å². The molecule has 0 bridgehead atoms. The molecule has 8 nitrogen and oxygen atoms in total. The quantitative estimate of drug-likeness (QED) is 0.821. The molecular formula is C14H20N4O4. The molecule has 2 aliphatic rings. The zero-order valence-electron chi connectivity index (χ0n) is 13.0. The fraction of sp³-hybridized carbons (Fsp3) is 0.643. The van der Waals surface area contributed by atoms with E-state index in [1.54, 1.807) is 32.2 Å². The number of anilines is 1. The molecule has 2 fully saturated rings. The number of rotatable bonds is 3. The summed E-state index contributed by atoms with van der Waals surface area (Å²) in [6.07, 6.45) is 1.48. The minimum atomic E-state index is -0.482. The topological polar surface area (TPSA) is 77.0 Å². The third-order valence-corrected chi connectivity index (χ3v) is 4.05. The lowest BCUT2D eigenvalue weighted by Crippen LogP contribution is -2.51. The van der Waals surface area contributed by atoms with Gasteiger partial charge in [0, 0.05) is 13.6 Å². The van der Waals surface area contributed by atoms with Gasteiger partial charge in [-0.15, -0.1) is 0 Å². The normalized spacial score (nSPS) is 24.6. The molecule has 1 atom stereocenters. The van der Waals surface area contributed by atoms with Crippen LogP contribution in [0.2, 0.25) is 0 Å². The van der Waals surface area contributed by atoms with E-state index in [1.165, 1.54) is 0 Å². The van der Waals surface area contributed by atoms with E-state index in [0.717, 1.165) is 19.4 Å². The zero-order valence-corrected chi connectivity index (χ0v) is 13.0. The molecule has 0 radical (unpaired) electrons. The van der Waals surface area contributed by atoms with Gasteiger partial charge < -0.3 is 24.0 Å². The van der Waals surface area contributed by atoms with Gasteiger partial charge in [0.15, 0.2) is 0 Å². The molecule has 1 amide bonds. The Morgan fingerprint density at radius 2 is 1.91 bits per heavy atom. The van der Waals surface area contributed by atoms with E-state index in [-0.39, 0.29) is 6.09 Å². The lowest BCUT2D eigenvalue weighted by molar-refractivity contribution is 0.0442. The summed E-state index contributed by atoms with van der Waals surface area (Å²) >= 11 is 0. The molecule has 1 spiro atoms. The van der Waals surface area contributed by atoms with Crippen molar-refractivity contribution in [3.05, 3.63) is 6.07 Å². The van der Waals surface area contributed by atoms with Crippen LogP contribution in [0.5, 0.6) is 11.8 Å². The Bertz CT molecular complexity index is 560. The fourth-order valence-corrected chi connectivity index (χ4v) is 3.02. The Hall–Kier alpha value is -2.25. The maximum atomic E-state index is 11.7. The molecule has 1 aromatic heterocycles. The first-order valence-corrected chi connectivity index (χ1v) is 7.21. The van der Waals surface area contributed by atoms with Crippen molar-refractivity contribution in [3.63, 3.8) is 0 Å². The van der Waals surface area contributed by atoms with E-state index < -0.39 is 5.60 Å². The van der Waals surface area contributed by atoms with Gasteiger partial charge >= 0.3 is 6.09 Å². The molecule has 3 heterocycles. The Labute approximate surface area is 129 Å². The summed E-state index contributed by atoms with van der Waals surface area (Å²) in [5.41, 5.74) is -0.482. The smallest absolute Gasteiger partial charge is 0.410 e. The van der Waals surface area contributed by atoms with Crippen LogP contribution < -0.4 is 14.4 Å². The molecule has 2 aliphatic heterocycles. The molecule has 0 aromatic carbocycles. The standard InChI is InChI=1S/C14H20N4O4/c1-17-8-14(22-13(17)19)5-4-6-18(9-14)12-15-10(20-2)7-11(16-12)21-3/h7H,4-6,8-9H2,1-3H3/t14-/m0/s1. The molecule has 1 aromatic rings. The van der Waals surface area contributed by atoms with Crippen LogP contribution >= 0.6 is 0 Å². The summed E-state index contributed by atoms with van der Waals surface area (Å²) in [5.74, 6) is 1.42. The van der Waals surface area contributed by atoms with Crippen LogP contribution in [-0.2, 0) is 4.74 Å². The SMILES string of the molecule is COc1cc(OC)nc(N2CCC[C@]3(CN(C)C(=O)O3)C2)n1. The van der Waals surface area contributed by atoms with Gasteiger partial charge in [0.2, 0.25) is 17.7 Å². The molecule has 2 saturated heterocycles. The molecule has 8 heteroatoms. The Morgan fingerprint density at radius 3 is 2.45 bits per heavy atom. The van der Waals surface area contributed by atoms with Gasteiger partial charge in [-0.2, -0.15) is 9.97 Å². The van der Waals surface area contributed by atoms with Gasteiger partial charge in [-0.05, 0) is 12.8 Å². The highest BCUT2D eigenvalue weighted by molar-refractivity contribution is 5.70. The van der Waals surface area contributed by atoms with Crippen molar-refractivity contribution in [3.8, 4) is 11.8 Å². The number of piperidine rings is 1. The van der Waals surface area contributed by atoms with Crippen LogP contribution in [0.4, 0.5) is 10.7 Å². The Balaban J connectivity index is 1.84. The summed E-state index contributed by atoms with van der Waals surface area (Å²) in [7, 11) is 4.86. The lowest BCUT2D eigenvalue weighted by Gasteiger charge is -2.38. The molecular weight excluding hydrogens is 288 g/mol. The molecule has 0 aliphatic carbocycles. The number of methoxy groups -OCH3 is 2. The van der Waals surface area contributed by atoms with Gasteiger partial charge in [-0.1, -0.05) is 0 Å². The predicted molar refractivity (Wildman–Crippen MR) is 78.4 cm³/mol. The van der Waals surface area contributed by atoms with E-state index in [2.05, 4.69) is 9.97 Å². The van der Waals surface area contributed by atoms with Crippen molar-refractivity contribution in [2.24, 2.45) is 0 Å². The number of ether oxygens (including phenoxy) is 3. The number of hydrogen-bond acceptors (Lipinski definition) is 7. The first kappa shape index (κ1) is 14.7. The average Bonchev–Trinajstić information content (AvgIpc) is 2.80. The van der Waals surface area contributed by atoms with Crippen LogP contribution in [0, 0.1) is 0 Å². The van der Waals surface area contributed by atoms with Crippen molar-refractivity contribution in [1.29, 1.82) is 0 Å². The zero-order chi connectivity index (χ0) is 15.7. The highest BCUT2D eigenvalue weighted by Crippen LogP contribution is 2.33. The molecule has 22 heavy (non-hydrogen) atoms. The van der Waals surface area contributed by atoms with E-state index in [9.17, 15) is 4.79 Å². The Kier molecular flexibility index (Phi) is 3.67. The van der Waals surface area contributed by atoms with Crippen LogP contribution in [0.15, 0.2) is 6.07 Å². The summed E-state index contributed by atoms with van der Waals surface area (Å²) in [5, 5.41) is 0. The maximum absolute atomic E-state index is 11.7. The summed E-state index contributed by atoms with van der Waals surface area (Å²) in [6.45, 7) is 1.96. The number of aromatic nitrogens is 2. The van der Waals surface area contributed by atoms with Crippen molar-refractivity contribution >= 4 is 12.0 Å². The van der Waals surface area contributed by atoms with E-state index in [1.807, 2.05) is 4.90 Å². The maximum Gasteiger partial charge on any atom is 0.410 e. The van der Waals surface area contributed by atoms with Crippen molar-refractivity contribution in [2.75, 3.05) is 45.8 Å². The number of hydrogen-bond donors (Lipinski definition) is 0. The number of likely N-dealkylation sites (N-methyl/N-ethyl adjacent to an activating group) is 1. The van der Waals surface area contributed by atoms with Gasteiger partial charge in [0.1, 0.15) is 5.60 Å². The number of amides is 1. The lowest BCUT2D eigenvalue weighted by atomic mass is 9.93. The molecule has 120 valence electrons. The van der Waals surface area contributed by atoms with Gasteiger partial charge in [-0.3, -0.25) is 0 Å². The average molecular weight is 308 g/mol. The van der Waals surface area contributed by atoms with Gasteiger partial charge in [0.25, 0.3) is 0 Å². The molecule has 0 unspecified atom stereocenters. The Morgan fingerprint density at radius 1 is 1.23 bits per heavy atom. The van der Waals surface area contributed by atoms with E-state index in [0.29, 0.717) is 30.8 Å². The highest BCUT2D eigenvalue weighted by Gasteiger charge is 2.47. The second-order valence-electron chi connectivity index (χ2n) is 5.68. The third kappa shape index (κ3) is 2.60. The second-order valence-corrected chi connectivity index (χ2v) is 5.68. The largest absolute Gasteiger partial charge is 0.481 e. The van der Waals surface area contributed by atoms with E-state index in [4.69, 9.17) is 14.2 Å². The summed E-state index contributed by atoms with van der Waals surface area (Å²) < 4.78 is 16.0. The number of carbonyl (C=O) groups excluding carboxylic acids is 1. The van der Waals surface area contributed by atoms with Gasteiger partial charge in [-0.25, -0.2) is 4.79 Å². The summed E-state index contributed by atoms with van der Waals surface area (Å²) in [6, 6.07) is 1.63. The minimum absolute atomic E-state index is 0.272. The van der Waals surface area contributed by atoms with Crippen molar-refractivity contribution in [1.82, 2.24) is 14.9 Å². The highest BCUT2D eigenvalue weighted by atomic mass is 16.6. The van der Waals surface area contributed by atoms with Crippen molar-refractivity contribution in [2.45, 2.75) is 18.4 Å². The predicted octanol–water partition coefficient (Wildman–Crippen LogP) is 0.915.